The lowest BCUT2D eigenvalue weighted by Crippen LogP contribution is -2.26. The van der Waals surface area contributed by atoms with Crippen molar-refractivity contribution < 1.29 is 19.1 Å². The summed E-state index contributed by atoms with van der Waals surface area (Å²) in [6, 6.07) is 12.2. The van der Waals surface area contributed by atoms with E-state index in [0.29, 0.717) is 22.7 Å². The minimum absolute atomic E-state index is 0.179. The third-order valence-corrected chi connectivity index (χ3v) is 3.69. The first-order valence-corrected chi connectivity index (χ1v) is 7.61. The second-order valence-electron chi connectivity index (χ2n) is 5.57. The molecule has 0 saturated heterocycles. The van der Waals surface area contributed by atoms with E-state index in [9.17, 15) is 9.59 Å². The zero-order valence-electron chi connectivity index (χ0n) is 13.5. The van der Waals surface area contributed by atoms with Gasteiger partial charge in [-0.05, 0) is 42.8 Å². The molecule has 0 fully saturated rings. The van der Waals surface area contributed by atoms with Crippen molar-refractivity contribution in [1.82, 2.24) is 5.32 Å². The van der Waals surface area contributed by atoms with Crippen LogP contribution in [-0.4, -0.2) is 18.6 Å². The van der Waals surface area contributed by atoms with Crippen molar-refractivity contribution in [3.05, 3.63) is 53.6 Å². The van der Waals surface area contributed by atoms with Crippen LogP contribution in [0.3, 0.4) is 0 Å². The largest absolute Gasteiger partial charge is 0.454 e. The van der Waals surface area contributed by atoms with E-state index in [4.69, 9.17) is 9.47 Å². The number of benzene rings is 2. The molecule has 6 heteroatoms. The molecule has 1 unspecified atom stereocenters. The molecule has 0 aliphatic carbocycles. The molecule has 2 aromatic carbocycles. The fourth-order valence-electron chi connectivity index (χ4n) is 2.49. The van der Waals surface area contributed by atoms with E-state index < -0.39 is 0 Å². The fourth-order valence-corrected chi connectivity index (χ4v) is 2.49. The van der Waals surface area contributed by atoms with Crippen molar-refractivity contribution in [2.45, 2.75) is 19.9 Å². The number of ether oxygens (including phenoxy) is 2. The molecule has 1 atom stereocenters. The highest BCUT2D eigenvalue weighted by molar-refractivity contribution is 5.97. The Balaban J connectivity index is 1.71. The van der Waals surface area contributed by atoms with E-state index in [1.807, 2.05) is 25.1 Å². The normalized spacial score (nSPS) is 13.2. The van der Waals surface area contributed by atoms with Gasteiger partial charge in [0.1, 0.15) is 0 Å². The predicted octanol–water partition coefficient (Wildman–Crippen LogP) is 2.86. The van der Waals surface area contributed by atoms with Crippen LogP contribution in [0.15, 0.2) is 42.5 Å². The summed E-state index contributed by atoms with van der Waals surface area (Å²) in [5.74, 6) is 0.996. The van der Waals surface area contributed by atoms with Crippen LogP contribution in [0.5, 0.6) is 11.5 Å². The zero-order valence-corrected chi connectivity index (χ0v) is 13.5. The number of fused-ring (bicyclic) bond motifs is 1. The van der Waals surface area contributed by atoms with Gasteiger partial charge in [-0.25, -0.2) is 0 Å². The van der Waals surface area contributed by atoms with Crippen molar-refractivity contribution >= 4 is 17.5 Å². The third kappa shape index (κ3) is 3.48. The van der Waals surface area contributed by atoms with E-state index in [0.717, 1.165) is 5.56 Å². The van der Waals surface area contributed by atoms with Gasteiger partial charge in [-0.15, -0.1) is 0 Å². The molecule has 6 nitrogen and oxygen atoms in total. The SMILES string of the molecule is CC(=O)Nc1cccc(C(=O)NC(C)c2ccc3c(c2)OCO3)c1. The molecule has 2 amide bonds. The number of carbonyl (C=O) groups is 2. The standard InChI is InChI=1S/C18H18N2O4/c1-11(13-6-7-16-17(9-13)24-10-23-16)19-18(22)14-4-3-5-15(8-14)20-12(2)21/h3-9,11H,10H2,1-2H3,(H,19,22)(H,20,21). The summed E-state index contributed by atoms with van der Waals surface area (Å²) < 4.78 is 10.6. The Kier molecular flexibility index (Phi) is 4.37. The zero-order chi connectivity index (χ0) is 17.1. The molecule has 0 aromatic heterocycles. The smallest absolute Gasteiger partial charge is 0.251 e. The molecular formula is C18H18N2O4. The van der Waals surface area contributed by atoms with Gasteiger partial charge in [0.25, 0.3) is 5.91 Å². The van der Waals surface area contributed by atoms with Crippen LogP contribution >= 0.6 is 0 Å². The maximum absolute atomic E-state index is 12.4. The first-order valence-electron chi connectivity index (χ1n) is 7.61. The summed E-state index contributed by atoms with van der Waals surface area (Å²) in [6.45, 7) is 3.54. The molecule has 24 heavy (non-hydrogen) atoms. The molecule has 1 aliphatic heterocycles. The van der Waals surface area contributed by atoms with E-state index >= 15 is 0 Å². The molecule has 0 bridgehead atoms. The number of amides is 2. The van der Waals surface area contributed by atoms with Crippen molar-refractivity contribution in [3.63, 3.8) is 0 Å². The van der Waals surface area contributed by atoms with Crippen molar-refractivity contribution in [1.29, 1.82) is 0 Å². The van der Waals surface area contributed by atoms with Crippen molar-refractivity contribution in [2.24, 2.45) is 0 Å². The van der Waals surface area contributed by atoms with Gasteiger partial charge in [-0.1, -0.05) is 12.1 Å². The Morgan fingerprint density at radius 1 is 1.08 bits per heavy atom. The summed E-state index contributed by atoms with van der Waals surface area (Å²) >= 11 is 0. The van der Waals surface area contributed by atoms with Gasteiger partial charge in [-0.3, -0.25) is 9.59 Å². The molecule has 124 valence electrons. The van der Waals surface area contributed by atoms with Gasteiger partial charge in [0.2, 0.25) is 12.7 Å². The molecule has 0 spiro atoms. The molecule has 0 saturated carbocycles. The predicted molar refractivity (Wildman–Crippen MR) is 89.2 cm³/mol. The lowest BCUT2D eigenvalue weighted by atomic mass is 10.1. The van der Waals surface area contributed by atoms with Gasteiger partial charge < -0.3 is 20.1 Å². The molecule has 3 rings (SSSR count). The van der Waals surface area contributed by atoms with Crippen molar-refractivity contribution in [3.8, 4) is 11.5 Å². The molecule has 2 aromatic rings. The van der Waals surface area contributed by atoms with Crippen molar-refractivity contribution in [2.75, 3.05) is 12.1 Å². The van der Waals surface area contributed by atoms with Gasteiger partial charge >= 0.3 is 0 Å². The second kappa shape index (κ2) is 6.62. The van der Waals surface area contributed by atoms with Crippen LogP contribution in [0.2, 0.25) is 0 Å². The first-order chi connectivity index (χ1) is 11.5. The number of hydrogen-bond acceptors (Lipinski definition) is 4. The molecule has 1 aliphatic rings. The minimum Gasteiger partial charge on any atom is -0.454 e. The lowest BCUT2D eigenvalue weighted by molar-refractivity contribution is -0.114. The highest BCUT2D eigenvalue weighted by Crippen LogP contribution is 2.34. The summed E-state index contributed by atoms with van der Waals surface area (Å²) in [4.78, 5) is 23.5. The Morgan fingerprint density at radius 2 is 1.88 bits per heavy atom. The highest BCUT2D eigenvalue weighted by Gasteiger charge is 2.17. The topological polar surface area (TPSA) is 76.7 Å². The van der Waals surface area contributed by atoms with Gasteiger partial charge in [0, 0.05) is 18.2 Å². The summed E-state index contributed by atoms with van der Waals surface area (Å²) in [5.41, 5.74) is 1.99. The number of anilines is 1. The Hall–Kier alpha value is -3.02. The van der Waals surface area contributed by atoms with Crippen LogP contribution in [0.25, 0.3) is 0 Å². The van der Waals surface area contributed by atoms with Crippen LogP contribution in [0.1, 0.15) is 35.8 Å². The molecule has 1 heterocycles. The summed E-state index contributed by atoms with van der Waals surface area (Å²) in [7, 11) is 0. The molecule has 2 N–H and O–H groups in total. The quantitative estimate of drug-likeness (QED) is 0.906. The maximum atomic E-state index is 12.4. The Morgan fingerprint density at radius 3 is 2.67 bits per heavy atom. The average molecular weight is 326 g/mol. The monoisotopic (exact) mass is 326 g/mol. The Bertz CT molecular complexity index is 788. The number of nitrogens with one attached hydrogen (secondary N) is 2. The van der Waals surface area contributed by atoms with Gasteiger partial charge in [0.05, 0.1) is 6.04 Å². The summed E-state index contributed by atoms with van der Waals surface area (Å²) in [6.07, 6.45) is 0. The molecule has 0 radical (unpaired) electrons. The fraction of sp³-hybridized carbons (Fsp3) is 0.222. The average Bonchev–Trinajstić information content (AvgIpc) is 3.02. The third-order valence-electron chi connectivity index (χ3n) is 3.69. The van der Waals surface area contributed by atoms with E-state index in [1.54, 1.807) is 24.3 Å². The van der Waals surface area contributed by atoms with Crippen LogP contribution in [0, 0.1) is 0 Å². The van der Waals surface area contributed by atoms with Gasteiger partial charge in [0.15, 0.2) is 11.5 Å². The van der Waals surface area contributed by atoms with Crippen LogP contribution in [-0.2, 0) is 4.79 Å². The number of carbonyl (C=O) groups excluding carboxylic acids is 2. The van der Waals surface area contributed by atoms with Gasteiger partial charge in [-0.2, -0.15) is 0 Å². The molecular weight excluding hydrogens is 308 g/mol. The van der Waals surface area contributed by atoms with Crippen LogP contribution in [0.4, 0.5) is 5.69 Å². The highest BCUT2D eigenvalue weighted by atomic mass is 16.7. The number of hydrogen-bond donors (Lipinski definition) is 2. The number of rotatable bonds is 4. The summed E-state index contributed by atoms with van der Waals surface area (Å²) in [5, 5.41) is 5.60. The van der Waals surface area contributed by atoms with E-state index in [-0.39, 0.29) is 24.6 Å². The minimum atomic E-state index is -0.215. The van der Waals surface area contributed by atoms with Crippen LogP contribution < -0.4 is 20.1 Å². The van der Waals surface area contributed by atoms with E-state index in [2.05, 4.69) is 10.6 Å². The lowest BCUT2D eigenvalue weighted by Gasteiger charge is -2.15. The maximum Gasteiger partial charge on any atom is 0.251 e. The first kappa shape index (κ1) is 15.9. The van der Waals surface area contributed by atoms with E-state index in [1.165, 1.54) is 6.92 Å². The Labute approximate surface area is 139 Å². The second-order valence-corrected chi connectivity index (χ2v) is 5.57.